The third-order valence-electron chi connectivity index (χ3n) is 3.42. The van der Waals surface area contributed by atoms with Crippen LogP contribution in [0.4, 0.5) is 0 Å². The van der Waals surface area contributed by atoms with Crippen molar-refractivity contribution >= 4 is 11.9 Å². The second-order valence-corrected chi connectivity index (χ2v) is 5.19. The van der Waals surface area contributed by atoms with Crippen molar-refractivity contribution in [2.24, 2.45) is 7.05 Å². The fourth-order valence-corrected chi connectivity index (χ4v) is 2.13. The molecule has 1 rings (SSSR count). The monoisotopic (exact) mass is 294 g/mol. The molecule has 0 bridgehead atoms. The number of hydrogen-bond donors (Lipinski definition) is 2. The highest BCUT2D eigenvalue weighted by atomic mass is 16.4. The Kier molecular flexibility index (Phi) is 6.14. The molecule has 1 amide bonds. The van der Waals surface area contributed by atoms with E-state index in [1.807, 2.05) is 6.92 Å². The summed E-state index contributed by atoms with van der Waals surface area (Å²) < 4.78 is 1.62. The molecule has 1 heterocycles. The van der Waals surface area contributed by atoms with Crippen molar-refractivity contribution in [3.63, 3.8) is 0 Å². The van der Waals surface area contributed by atoms with Gasteiger partial charge in [0, 0.05) is 30.9 Å². The van der Waals surface area contributed by atoms with Gasteiger partial charge in [-0.05, 0) is 13.3 Å². The van der Waals surface area contributed by atoms with E-state index in [-0.39, 0.29) is 17.5 Å². The number of nitrogens with zero attached hydrogens (tertiary/aromatic N) is 1. The van der Waals surface area contributed by atoms with Crippen LogP contribution in [-0.4, -0.2) is 27.6 Å². The van der Waals surface area contributed by atoms with E-state index in [9.17, 15) is 14.4 Å². The molecule has 0 aliphatic carbocycles. The largest absolute Gasteiger partial charge is 0.481 e. The van der Waals surface area contributed by atoms with Gasteiger partial charge in [-0.25, -0.2) is 0 Å². The lowest BCUT2D eigenvalue weighted by molar-refractivity contribution is -0.137. The quantitative estimate of drug-likeness (QED) is 0.796. The van der Waals surface area contributed by atoms with Gasteiger partial charge in [0.15, 0.2) is 5.43 Å². The summed E-state index contributed by atoms with van der Waals surface area (Å²) in [7, 11) is 1.70. The van der Waals surface area contributed by atoms with Gasteiger partial charge < -0.3 is 15.0 Å². The Morgan fingerprint density at radius 3 is 2.62 bits per heavy atom. The number of carbonyl (C=O) groups is 2. The Morgan fingerprint density at radius 2 is 2.05 bits per heavy atom. The van der Waals surface area contributed by atoms with E-state index < -0.39 is 17.9 Å². The SMILES string of the molecule is CCCCC(CC(=O)O)NC(=O)c1cc(=O)cc(C)n1C. The number of aryl methyl sites for hydroxylation is 1. The van der Waals surface area contributed by atoms with Crippen molar-refractivity contribution in [2.75, 3.05) is 0 Å². The minimum Gasteiger partial charge on any atom is -0.481 e. The molecule has 1 aromatic heterocycles. The first kappa shape index (κ1) is 16.9. The topological polar surface area (TPSA) is 88.4 Å². The average molecular weight is 294 g/mol. The number of hydrogen-bond acceptors (Lipinski definition) is 3. The molecule has 6 heteroatoms. The van der Waals surface area contributed by atoms with Crippen molar-refractivity contribution in [3.8, 4) is 0 Å². The lowest BCUT2D eigenvalue weighted by Crippen LogP contribution is -2.38. The summed E-state index contributed by atoms with van der Waals surface area (Å²) in [4.78, 5) is 34.6. The fraction of sp³-hybridized carbons (Fsp3) is 0.533. The molecule has 0 aliphatic heterocycles. The van der Waals surface area contributed by atoms with Crippen molar-refractivity contribution in [1.82, 2.24) is 9.88 Å². The van der Waals surface area contributed by atoms with Gasteiger partial charge >= 0.3 is 5.97 Å². The molecule has 0 saturated carbocycles. The molecule has 2 N–H and O–H groups in total. The van der Waals surface area contributed by atoms with Gasteiger partial charge in [-0.2, -0.15) is 0 Å². The van der Waals surface area contributed by atoms with Gasteiger partial charge in [-0.1, -0.05) is 19.8 Å². The number of unbranched alkanes of at least 4 members (excludes halogenated alkanes) is 1. The van der Waals surface area contributed by atoms with Crippen molar-refractivity contribution in [3.05, 3.63) is 33.7 Å². The molecule has 1 atom stereocenters. The molecule has 116 valence electrons. The Balaban J connectivity index is 2.91. The Labute approximate surface area is 123 Å². The minimum atomic E-state index is -0.950. The predicted molar refractivity (Wildman–Crippen MR) is 79.5 cm³/mol. The van der Waals surface area contributed by atoms with Crippen LogP contribution in [0.1, 0.15) is 48.8 Å². The molecule has 1 aromatic rings. The van der Waals surface area contributed by atoms with Crippen LogP contribution >= 0.6 is 0 Å². The van der Waals surface area contributed by atoms with E-state index >= 15 is 0 Å². The first-order chi connectivity index (χ1) is 9.85. The highest BCUT2D eigenvalue weighted by Gasteiger charge is 2.18. The summed E-state index contributed by atoms with van der Waals surface area (Å²) in [5, 5.41) is 11.6. The predicted octanol–water partition coefficient (Wildman–Crippen LogP) is 1.46. The molecular weight excluding hydrogens is 272 g/mol. The highest BCUT2D eigenvalue weighted by molar-refractivity contribution is 5.93. The van der Waals surface area contributed by atoms with Crippen molar-refractivity contribution in [2.45, 2.75) is 45.6 Å². The average Bonchev–Trinajstić information content (AvgIpc) is 2.39. The van der Waals surface area contributed by atoms with E-state index in [1.165, 1.54) is 12.1 Å². The van der Waals surface area contributed by atoms with E-state index in [0.717, 1.165) is 12.8 Å². The first-order valence-corrected chi connectivity index (χ1v) is 7.05. The van der Waals surface area contributed by atoms with Gasteiger partial charge in [-0.15, -0.1) is 0 Å². The maximum absolute atomic E-state index is 12.3. The number of pyridine rings is 1. The number of aromatic nitrogens is 1. The summed E-state index contributed by atoms with van der Waals surface area (Å²) >= 11 is 0. The van der Waals surface area contributed by atoms with Crippen molar-refractivity contribution in [1.29, 1.82) is 0 Å². The summed E-state index contributed by atoms with van der Waals surface area (Å²) in [6, 6.07) is 2.29. The molecule has 6 nitrogen and oxygen atoms in total. The number of carbonyl (C=O) groups excluding carboxylic acids is 1. The summed E-state index contributed by atoms with van der Waals surface area (Å²) in [5.41, 5.74) is 0.682. The third-order valence-corrected chi connectivity index (χ3v) is 3.42. The maximum atomic E-state index is 12.3. The lowest BCUT2D eigenvalue weighted by atomic mass is 10.1. The molecule has 0 aliphatic rings. The van der Waals surface area contributed by atoms with E-state index in [4.69, 9.17) is 5.11 Å². The number of aliphatic carboxylic acids is 1. The van der Waals surface area contributed by atoms with Crippen LogP contribution in [0.5, 0.6) is 0 Å². The van der Waals surface area contributed by atoms with Gasteiger partial charge in [0.25, 0.3) is 5.91 Å². The summed E-state index contributed by atoms with van der Waals surface area (Å²) in [6.45, 7) is 3.74. The number of nitrogens with one attached hydrogen (secondary N) is 1. The van der Waals surface area contributed by atoms with E-state index in [1.54, 1.807) is 18.5 Å². The third kappa shape index (κ3) is 5.06. The molecule has 1 unspecified atom stereocenters. The summed E-state index contributed by atoms with van der Waals surface area (Å²) in [6.07, 6.45) is 2.25. The molecule has 0 spiro atoms. The number of carboxylic acids is 1. The van der Waals surface area contributed by atoms with E-state index in [2.05, 4.69) is 5.32 Å². The Bertz CT molecular complexity index is 578. The van der Waals surface area contributed by atoms with Crippen LogP contribution in [-0.2, 0) is 11.8 Å². The zero-order chi connectivity index (χ0) is 16.0. The zero-order valence-corrected chi connectivity index (χ0v) is 12.7. The lowest BCUT2D eigenvalue weighted by Gasteiger charge is -2.18. The first-order valence-electron chi connectivity index (χ1n) is 7.05. The van der Waals surface area contributed by atoms with Gasteiger partial charge in [0.05, 0.1) is 6.42 Å². The Hall–Kier alpha value is -2.11. The van der Waals surface area contributed by atoms with Crippen LogP contribution in [0.25, 0.3) is 0 Å². The smallest absolute Gasteiger partial charge is 0.305 e. The molecular formula is C15H22N2O4. The van der Waals surface area contributed by atoms with Crippen LogP contribution < -0.4 is 10.7 Å². The second kappa shape index (κ2) is 7.61. The van der Waals surface area contributed by atoms with Gasteiger partial charge in [0.1, 0.15) is 5.69 Å². The molecule has 0 fully saturated rings. The number of amides is 1. The van der Waals surface area contributed by atoms with Gasteiger partial charge in [-0.3, -0.25) is 14.4 Å². The summed E-state index contributed by atoms with van der Waals surface area (Å²) in [5.74, 6) is -1.37. The second-order valence-electron chi connectivity index (χ2n) is 5.19. The van der Waals surface area contributed by atoms with E-state index in [0.29, 0.717) is 12.1 Å². The minimum absolute atomic E-state index is 0.120. The maximum Gasteiger partial charge on any atom is 0.305 e. The number of carboxylic acid groups (broad SMARTS) is 1. The molecule has 0 aromatic carbocycles. The zero-order valence-electron chi connectivity index (χ0n) is 12.7. The highest BCUT2D eigenvalue weighted by Crippen LogP contribution is 2.07. The normalized spacial score (nSPS) is 12.0. The standard InChI is InChI=1S/C15H22N2O4/c1-4-5-6-11(8-14(19)20)16-15(21)13-9-12(18)7-10(2)17(13)3/h7,9,11H,4-6,8H2,1-3H3,(H,16,21)(H,19,20). The number of rotatable bonds is 7. The fourth-order valence-electron chi connectivity index (χ4n) is 2.13. The molecule has 0 saturated heterocycles. The van der Waals surface area contributed by atoms with Crippen LogP contribution in [0.15, 0.2) is 16.9 Å². The molecule has 0 radical (unpaired) electrons. The Morgan fingerprint density at radius 1 is 1.38 bits per heavy atom. The van der Waals surface area contributed by atoms with Crippen LogP contribution in [0.2, 0.25) is 0 Å². The van der Waals surface area contributed by atoms with Gasteiger partial charge in [0.2, 0.25) is 0 Å². The van der Waals surface area contributed by atoms with Crippen LogP contribution in [0, 0.1) is 6.92 Å². The van der Waals surface area contributed by atoms with Crippen LogP contribution in [0.3, 0.4) is 0 Å². The molecule has 21 heavy (non-hydrogen) atoms. The van der Waals surface area contributed by atoms with Crippen molar-refractivity contribution < 1.29 is 14.7 Å².